The Hall–Kier alpha value is -1.16. The summed E-state index contributed by atoms with van der Waals surface area (Å²) in [5.74, 6) is 0.0363. The van der Waals surface area contributed by atoms with Gasteiger partial charge in [0.15, 0.2) is 12.3 Å². The highest BCUT2D eigenvalue weighted by molar-refractivity contribution is 5.73. The van der Waals surface area contributed by atoms with Gasteiger partial charge in [0, 0.05) is 20.3 Å². The third-order valence-corrected chi connectivity index (χ3v) is 4.55. The standard InChI is InChI=1S/C17H31N3O/c1-5-7-8-9-10-11-12-17-18-13-14-20(17,6-2)15(3)19-16(4)21/h10-11,13,15,17H,5-9,12,14H2,1-4H3/p+1/b11-10+. The van der Waals surface area contributed by atoms with E-state index in [4.69, 9.17) is 0 Å². The zero-order chi connectivity index (χ0) is 15.7. The molecule has 3 atom stereocenters. The van der Waals surface area contributed by atoms with Gasteiger partial charge in [-0.1, -0.05) is 31.9 Å². The van der Waals surface area contributed by atoms with E-state index in [1.807, 2.05) is 6.21 Å². The molecule has 0 radical (unpaired) electrons. The molecule has 21 heavy (non-hydrogen) atoms. The highest BCUT2D eigenvalue weighted by Crippen LogP contribution is 2.25. The predicted octanol–water partition coefficient (Wildman–Crippen LogP) is 3.24. The lowest BCUT2D eigenvalue weighted by molar-refractivity contribution is -0.958. The van der Waals surface area contributed by atoms with Crippen molar-refractivity contribution in [2.45, 2.75) is 72.1 Å². The van der Waals surface area contributed by atoms with Gasteiger partial charge in [-0.25, -0.2) is 4.99 Å². The molecule has 1 heterocycles. The average Bonchev–Trinajstić information content (AvgIpc) is 2.86. The molecular formula is C17H32N3O+. The summed E-state index contributed by atoms with van der Waals surface area (Å²) in [5, 5.41) is 3.05. The van der Waals surface area contributed by atoms with Gasteiger partial charge in [0.1, 0.15) is 6.54 Å². The zero-order valence-electron chi connectivity index (χ0n) is 14.1. The quantitative estimate of drug-likeness (QED) is 0.396. The molecule has 0 bridgehead atoms. The summed E-state index contributed by atoms with van der Waals surface area (Å²) < 4.78 is 0.832. The highest BCUT2D eigenvalue weighted by atomic mass is 16.1. The molecule has 120 valence electrons. The number of quaternary nitrogens is 1. The van der Waals surface area contributed by atoms with Gasteiger partial charge in [0.05, 0.1) is 12.8 Å². The van der Waals surface area contributed by atoms with E-state index < -0.39 is 0 Å². The fraction of sp³-hybridized carbons (Fsp3) is 0.765. The third-order valence-electron chi connectivity index (χ3n) is 4.55. The molecule has 1 N–H and O–H groups in total. The van der Waals surface area contributed by atoms with Crippen molar-refractivity contribution in [2.75, 3.05) is 13.1 Å². The van der Waals surface area contributed by atoms with Crippen molar-refractivity contribution in [2.24, 2.45) is 4.99 Å². The summed E-state index contributed by atoms with van der Waals surface area (Å²) in [6.07, 6.45) is 12.9. The van der Waals surface area contributed by atoms with Gasteiger partial charge in [-0.15, -0.1) is 0 Å². The van der Waals surface area contributed by atoms with Crippen molar-refractivity contribution in [3.8, 4) is 0 Å². The Morgan fingerprint density at radius 3 is 2.81 bits per heavy atom. The molecule has 0 aromatic heterocycles. The maximum absolute atomic E-state index is 11.4. The minimum absolute atomic E-state index is 0.0363. The van der Waals surface area contributed by atoms with E-state index in [1.165, 1.54) is 19.3 Å². The molecule has 0 spiro atoms. The molecule has 1 amide bonds. The molecule has 1 rings (SSSR count). The van der Waals surface area contributed by atoms with E-state index in [2.05, 4.69) is 43.2 Å². The molecule has 0 aromatic rings. The van der Waals surface area contributed by atoms with E-state index >= 15 is 0 Å². The summed E-state index contributed by atoms with van der Waals surface area (Å²) in [6.45, 7) is 9.99. The van der Waals surface area contributed by atoms with Crippen molar-refractivity contribution in [3.63, 3.8) is 0 Å². The minimum Gasteiger partial charge on any atom is -0.307 e. The molecule has 0 saturated heterocycles. The van der Waals surface area contributed by atoms with Crippen LogP contribution < -0.4 is 5.32 Å². The number of unbranched alkanes of at least 4 members (excludes halogenated alkanes) is 3. The molecule has 1 aliphatic heterocycles. The maximum Gasteiger partial charge on any atom is 0.221 e. The van der Waals surface area contributed by atoms with Gasteiger partial charge in [-0.3, -0.25) is 9.28 Å². The van der Waals surface area contributed by atoms with Crippen LogP contribution in [0.5, 0.6) is 0 Å². The number of nitrogens with one attached hydrogen (secondary N) is 1. The van der Waals surface area contributed by atoms with Crippen LogP contribution in [-0.2, 0) is 4.79 Å². The van der Waals surface area contributed by atoms with E-state index in [0.29, 0.717) is 0 Å². The monoisotopic (exact) mass is 294 g/mol. The van der Waals surface area contributed by atoms with Crippen molar-refractivity contribution >= 4 is 12.1 Å². The van der Waals surface area contributed by atoms with Gasteiger partial charge < -0.3 is 5.32 Å². The van der Waals surface area contributed by atoms with Crippen LogP contribution in [0.25, 0.3) is 0 Å². The molecule has 0 aliphatic carbocycles. The van der Waals surface area contributed by atoms with E-state index in [9.17, 15) is 4.79 Å². The molecular weight excluding hydrogens is 262 g/mol. The molecule has 0 saturated carbocycles. The first kappa shape index (κ1) is 17.9. The largest absolute Gasteiger partial charge is 0.307 e. The molecule has 4 nitrogen and oxygen atoms in total. The first-order chi connectivity index (χ1) is 10.1. The Morgan fingerprint density at radius 2 is 2.19 bits per heavy atom. The molecule has 4 heteroatoms. The molecule has 0 fully saturated rings. The Bertz CT molecular complexity index is 378. The predicted molar refractivity (Wildman–Crippen MR) is 89.1 cm³/mol. The summed E-state index contributed by atoms with van der Waals surface area (Å²) in [7, 11) is 0. The number of aliphatic imine (C=N–C) groups is 1. The van der Waals surface area contributed by atoms with E-state index in [-0.39, 0.29) is 18.2 Å². The van der Waals surface area contributed by atoms with Crippen LogP contribution in [0.15, 0.2) is 17.1 Å². The van der Waals surface area contributed by atoms with E-state index in [0.717, 1.165) is 30.4 Å². The van der Waals surface area contributed by atoms with Crippen LogP contribution in [0.2, 0.25) is 0 Å². The second-order valence-electron chi connectivity index (χ2n) is 5.99. The normalized spacial score (nSPS) is 26.4. The molecule has 3 unspecified atom stereocenters. The van der Waals surface area contributed by atoms with Crippen molar-refractivity contribution in [3.05, 3.63) is 12.2 Å². The lowest BCUT2D eigenvalue weighted by Gasteiger charge is -2.42. The number of carbonyl (C=O) groups is 1. The highest BCUT2D eigenvalue weighted by Gasteiger charge is 2.42. The number of allylic oxidation sites excluding steroid dienone is 1. The van der Waals surface area contributed by atoms with Gasteiger partial charge in [-0.2, -0.15) is 0 Å². The van der Waals surface area contributed by atoms with Crippen LogP contribution in [0.4, 0.5) is 0 Å². The Labute approximate surface area is 129 Å². The third kappa shape index (κ3) is 4.95. The second-order valence-corrected chi connectivity index (χ2v) is 5.99. The summed E-state index contributed by atoms with van der Waals surface area (Å²) in [5.41, 5.74) is 0. The summed E-state index contributed by atoms with van der Waals surface area (Å²) in [4.78, 5) is 16.0. The van der Waals surface area contributed by atoms with Crippen molar-refractivity contribution < 1.29 is 9.28 Å². The van der Waals surface area contributed by atoms with Gasteiger partial charge in [-0.05, 0) is 19.8 Å². The molecule has 0 aromatic carbocycles. The van der Waals surface area contributed by atoms with Gasteiger partial charge in [0.2, 0.25) is 5.91 Å². The Morgan fingerprint density at radius 1 is 1.43 bits per heavy atom. The Balaban J connectivity index is 2.58. The lowest BCUT2D eigenvalue weighted by Crippen LogP contribution is -2.63. The van der Waals surface area contributed by atoms with Crippen LogP contribution in [-0.4, -0.2) is 42.0 Å². The van der Waals surface area contributed by atoms with E-state index in [1.54, 1.807) is 6.92 Å². The van der Waals surface area contributed by atoms with Crippen LogP contribution in [0.3, 0.4) is 0 Å². The smallest absolute Gasteiger partial charge is 0.221 e. The minimum atomic E-state index is 0.0363. The van der Waals surface area contributed by atoms with Crippen LogP contribution in [0, 0.1) is 0 Å². The SMILES string of the molecule is CCCCC/C=C/CC1N=CC[N+]1(CC)C(C)NC(C)=O. The number of hydrogen-bond acceptors (Lipinski definition) is 2. The van der Waals surface area contributed by atoms with Gasteiger partial charge >= 0.3 is 0 Å². The van der Waals surface area contributed by atoms with Crippen LogP contribution in [0.1, 0.15) is 59.8 Å². The number of nitrogens with zero attached hydrogens (tertiary/aromatic N) is 2. The molecule has 1 aliphatic rings. The number of hydrogen-bond donors (Lipinski definition) is 1. The second kappa shape index (κ2) is 8.98. The first-order valence-corrected chi connectivity index (χ1v) is 8.37. The lowest BCUT2D eigenvalue weighted by atomic mass is 10.1. The summed E-state index contributed by atoms with van der Waals surface area (Å²) >= 11 is 0. The summed E-state index contributed by atoms with van der Waals surface area (Å²) in [6, 6.07) is 0. The number of rotatable bonds is 9. The topological polar surface area (TPSA) is 41.5 Å². The fourth-order valence-corrected chi connectivity index (χ4v) is 3.15. The Kier molecular flexibility index (Phi) is 7.65. The van der Waals surface area contributed by atoms with Crippen molar-refractivity contribution in [1.82, 2.24) is 5.32 Å². The first-order valence-electron chi connectivity index (χ1n) is 8.37. The van der Waals surface area contributed by atoms with Crippen LogP contribution >= 0.6 is 0 Å². The fourth-order valence-electron chi connectivity index (χ4n) is 3.15. The zero-order valence-corrected chi connectivity index (χ0v) is 14.1. The number of carbonyl (C=O) groups excluding carboxylic acids is 1. The van der Waals surface area contributed by atoms with Crippen molar-refractivity contribution in [1.29, 1.82) is 0 Å². The maximum atomic E-state index is 11.4. The average molecular weight is 294 g/mol. The number of amides is 1. The van der Waals surface area contributed by atoms with Gasteiger partial charge in [0.25, 0.3) is 0 Å².